The summed E-state index contributed by atoms with van der Waals surface area (Å²) in [7, 11) is 0. The maximum Gasteiger partial charge on any atom is 0.266 e. The average Bonchev–Trinajstić information content (AvgIpc) is 1.81. The lowest BCUT2D eigenvalue weighted by atomic mass is 9.84. The second kappa shape index (κ2) is 4.94. The van der Waals surface area contributed by atoms with E-state index in [4.69, 9.17) is 0 Å². The number of carbonyl (C=O) groups excluding carboxylic acids is 1. The molecule has 0 heterocycles. The van der Waals surface area contributed by atoms with Crippen LogP contribution in [-0.2, 0) is 4.79 Å². The molecule has 0 rings (SSSR count). The number of carboxylic acid groups (broad SMARTS) is 1. The minimum Gasteiger partial charge on any atom is -0.550 e. The molecule has 0 aromatic carbocycles. The summed E-state index contributed by atoms with van der Waals surface area (Å²) in [4.78, 5) is 10.6. The zero-order valence-corrected chi connectivity index (χ0v) is 7.88. The number of hydrogen-bond donors (Lipinski definition) is 0. The van der Waals surface area contributed by atoms with E-state index in [0.717, 1.165) is 0 Å². The molecule has 0 saturated carbocycles. The van der Waals surface area contributed by atoms with E-state index in [9.17, 15) is 18.7 Å². The molecule has 0 spiro atoms. The molecule has 2 unspecified atom stereocenters. The molecule has 0 aromatic rings. The van der Waals surface area contributed by atoms with Gasteiger partial charge < -0.3 is 9.90 Å². The Kier molecular flexibility index (Phi) is 4.59. The molecule has 0 aliphatic carbocycles. The monoisotopic (exact) mass is 191 g/mol. The van der Waals surface area contributed by atoms with Crippen molar-refractivity contribution >= 4 is 5.97 Å². The van der Waals surface area contributed by atoms with Crippen LogP contribution in [-0.4, -0.2) is 5.97 Å². The molecule has 0 aliphatic heterocycles. The minimum atomic E-state index is -1.85. The summed E-state index contributed by atoms with van der Waals surface area (Å²) < 4.78 is 23.6. The Morgan fingerprint density at radius 2 is 1.77 bits per heavy atom. The molecule has 0 amide bonds. The Hall–Kier alpha value is -0.930. The first-order valence-corrected chi connectivity index (χ1v) is 4.10. The van der Waals surface area contributed by atoms with Crippen molar-refractivity contribution in [1.82, 2.24) is 0 Å². The van der Waals surface area contributed by atoms with Gasteiger partial charge in [-0.25, -0.2) is 0 Å². The van der Waals surface area contributed by atoms with Crippen LogP contribution in [0.1, 0.15) is 20.8 Å². The van der Waals surface area contributed by atoms with Crippen LogP contribution in [0.15, 0.2) is 12.2 Å². The van der Waals surface area contributed by atoms with Gasteiger partial charge in [0.15, 0.2) is 0 Å². The first kappa shape index (κ1) is 12.1. The molecular weight excluding hydrogens is 178 g/mol. The van der Waals surface area contributed by atoms with E-state index in [1.165, 1.54) is 6.92 Å². The maximum absolute atomic E-state index is 11.8. The summed E-state index contributed by atoms with van der Waals surface area (Å²) in [5.74, 6) is -3.05. The Balaban J connectivity index is 4.56. The number of carboxylic acids is 1. The Bertz CT molecular complexity index is 208. The number of rotatable bonds is 4. The zero-order valence-electron chi connectivity index (χ0n) is 7.88. The standard InChI is InChI=1S/C9H14F2O2/c1-5(2)8(9(12)13)6(3)4-7(10)11/h4-6,8H,1-3H3,(H,12,13)/p-1. The fourth-order valence-electron chi connectivity index (χ4n) is 1.40. The van der Waals surface area contributed by atoms with E-state index in [2.05, 4.69) is 0 Å². The van der Waals surface area contributed by atoms with Crippen molar-refractivity contribution in [2.45, 2.75) is 20.8 Å². The zero-order chi connectivity index (χ0) is 10.6. The van der Waals surface area contributed by atoms with E-state index in [1.807, 2.05) is 0 Å². The van der Waals surface area contributed by atoms with Gasteiger partial charge in [0.05, 0.1) is 0 Å². The van der Waals surface area contributed by atoms with E-state index in [0.29, 0.717) is 6.08 Å². The highest BCUT2D eigenvalue weighted by Gasteiger charge is 2.21. The van der Waals surface area contributed by atoms with E-state index < -0.39 is 23.9 Å². The summed E-state index contributed by atoms with van der Waals surface area (Å²) in [5.41, 5.74) is 0. The smallest absolute Gasteiger partial charge is 0.266 e. The van der Waals surface area contributed by atoms with Crippen LogP contribution in [0.5, 0.6) is 0 Å². The molecular formula is C9H13F2O2-. The van der Waals surface area contributed by atoms with Crippen molar-refractivity contribution in [3.63, 3.8) is 0 Å². The van der Waals surface area contributed by atoms with E-state index in [-0.39, 0.29) is 5.92 Å². The highest BCUT2D eigenvalue weighted by molar-refractivity contribution is 5.68. The average molecular weight is 191 g/mol. The van der Waals surface area contributed by atoms with Crippen LogP contribution >= 0.6 is 0 Å². The van der Waals surface area contributed by atoms with Crippen LogP contribution in [0.3, 0.4) is 0 Å². The van der Waals surface area contributed by atoms with Crippen LogP contribution in [0.2, 0.25) is 0 Å². The number of allylic oxidation sites excluding steroid dienone is 1. The van der Waals surface area contributed by atoms with E-state index >= 15 is 0 Å². The van der Waals surface area contributed by atoms with Gasteiger partial charge in [-0.05, 0) is 17.9 Å². The third-order valence-electron chi connectivity index (χ3n) is 1.95. The molecule has 0 radical (unpaired) electrons. The van der Waals surface area contributed by atoms with Gasteiger partial charge in [-0.2, -0.15) is 8.78 Å². The van der Waals surface area contributed by atoms with Gasteiger partial charge in [0.25, 0.3) is 6.08 Å². The number of hydrogen-bond acceptors (Lipinski definition) is 2. The highest BCUT2D eigenvalue weighted by atomic mass is 19.3. The van der Waals surface area contributed by atoms with Crippen LogP contribution in [0, 0.1) is 17.8 Å². The molecule has 0 saturated heterocycles. The van der Waals surface area contributed by atoms with Gasteiger partial charge in [0, 0.05) is 11.9 Å². The molecule has 76 valence electrons. The van der Waals surface area contributed by atoms with Crippen LogP contribution in [0.25, 0.3) is 0 Å². The quantitative estimate of drug-likeness (QED) is 0.674. The number of aliphatic carboxylic acids is 1. The lowest BCUT2D eigenvalue weighted by Crippen LogP contribution is -2.37. The molecule has 2 atom stereocenters. The van der Waals surface area contributed by atoms with Gasteiger partial charge in [-0.1, -0.05) is 20.8 Å². The van der Waals surface area contributed by atoms with Gasteiger partial charge in [-0.15, -0.1) is 0 Å². The molecule has 0 aromatic heterocycles. The summed E-state index contributed by atoms with van der Waals surface area (Å²) in [6, 6.07) is 0. The Morgan fingerprint density at radius 3 is 2.00 bits per heavy atom. The SMILES string of the molecule is CC(C)C(C(=O)[O-])C(C)C=C(F)F. The van der Waals surface area contributed by atoms with Gasteiger partial charge in [0.1, 0.15) is 0 Å². The summed E-state index contributed by atoms with van der Waals surface area (Å²) in [5, 5.41) is 10.6. The maximum atomic E-state index is 11.8. The number of carbonyl (C=O) groups is 1. The molecule has 0 N–H and O–H groups in total. The van der Waals surface area contributed by atoms with Crippen molar-refractivity contribution < 1.29 is 18.7 Å². The molecule has 13 heavy (non-hydrogen) atoms. The topological polar surface area (TPSA) is 40.1 Å². The van der Waals surface area contributed by atoms with Crippen molar-refractivity contribution in [2.24, 2.45) is 17.8 Å². The second-order valence-corrected chi connectivity index (χ2v) is 3.40. The number of halogens is 2. The predicted molar refractivity (Wildman–Crippen MR) is 42.8 cm³/mol. The van der Waals surface area contributed by atoms with Crippen LogP contribution in [0.4, 0.5) is 8.78 Å². The largest absolute Gasteiger partial charge is 0.550 e. The molecule has 0 aliphatic rings. The van der Waals surface area contributed by atoms with Gasteiger partial charge in [0.2, 0.25) is 0 Å². The van der Waals surface area contributed by atoms with E-state index in [1.54, 1.807) is 13.8 Å². The summed E-state index contributed by atoms with van der Waals surface area (Å²) >= 11 is 0. The summed E-state index contributed by atoms with van der Waals surface area (Å²) in [6.45, 7) is 4.78. The molecule has 2 nitrogen and oxygen atoms in total. The van der Waals surface area contributed by atoms with Crippen LogP contribution < -0.4 is 5.11 Å². The molecule has 4 heteroatoms. The van der Waals surface area contributed by atoms with Crippen molar-refractivity contribution in [1.29, 1.82) is 0 Å². The third kappa shape index (κ3) is 4.01. The Morgan fingerprint density at radius 1 is 1.31 bits per heavy atom. The van der Waals surface area contributed by atoms with Gasteiger partial charge >= 0.3 is 0 Å². The second-order valence-electron chi connectivity index (χ2n) is 3.40. The lowest BCUT2D eigenvalue weighted by molar-refractivity contribution is -0.314. The Labute approximate surface area is 76.3 Å². The first-order chi connectivity index (χ1) is 5.86. The molecule has 0 fully saturated rings. The van der Waals surface area contributed by atoms with Crippen molar-refractivity contribution in [3.8, 4) is 0 Å². The normalized spacial score (nSPS) is 15.2. The highest BCUT2D eigenvalue weighted by Crippen LogP contribution is 2.22. The predicted octanol–water partition coefficient (Wildman–Crippen LogP) is 1.42. The van der Waals surface area contributed by atoms with Gasteiger partial charge in [-0.3, -0.25) is 0 Å². The van der Waals surface area contributed by atoms with Crippen molar-refractivity contribution in [2.75, 3.05) is 0 Å². The third-order valence-corrected chi connectivity index (χ3v) is 1.95. The fraction of sp³-hybridized carbons (Fsp3) is 0.667. The lowest BCUT2D eigenvalue weighted by Gasteiger charge is -2.25. The fourth-order valence-corrected chi connectivity index (χ4v) is 1.40. The summed E-state index contributed by atoms with van der Waals surface area (Å²) in [6.07, 6.45) is -1.19. The van der Waals surface area contributed by atoms with Crippen molar-refractivity contribution in [3.05, 3.63) is 12.2 Å². The minimum absolute atomic E-state index is 0.212. The molecule has 0 bridgehead atoms. The first-order valence-electron chi connectivity index (χ1n) is 4.10.